The van der Waals surface area contributed by atoms with E-state index in [2.05, 4.69) is 10.1 Å². The van der Waals surface area contributed by atoms with Gasteiger partial charge < -0.3 is 19.9 Å². The molecule has 0 bridgehead atoms. The summed E-state index contributed by atoms with van der Waals surface area (Å²) in [6.07, 6.45) is 0.624. The van der Waals surface area contributed by atoms with Gasteiger partial charge in [-0.3, -0.25) is 9.59 Å². The average Bonchev–Trinajstić information content (AvgIpc) is 2.63. The van der Waals surface area contributed by atoms with E-state index in [4.69, 9.17) is 4.74 Å². The molecule has 7 nitrogen and oxygen atoms in total. The minimum atomic E-state index is -0.784. The Kier molecular flexibility index (Phi) is 6.33. The van der Waals surface area contributed by atoms with Crippen LogP contribution < -0.4 is 5.32 Å². The van der Waals surface area contributed by atoms with E-state index in [0.717, 1.165) is 5.39 Å². The number of fused-ring (bicyclic) bond motifs is 1. The first-order valence-corrected chi connectivity index (χ1v) is 7.74. The fraction of sp³-hybridized carbons (Fsp3) is 0.278. The summed E-state index contributed by atoms with van der Waals surface area (Å²) in [5, 5.41) is 14.0. The fourth-order valence-corrected chi connectivity index (χ4v) is 2.24. The molecule has 0 heterocycles. The molecule has 2 rings (SSSR count). The molecule has 0 aliphatic heterocycles. The number of nitrogens with one attached hydrogen (secondary N) is 1. The molecule has 0 atom stereocenters. The van der Waals surface area contributed by atoms with Gasteiger partial charge in [0.25, 0.3) is 5.91 Å². The summed E-state index contributed by atoms with van der Waals surface area (Å²) in [7, 11) is 1.29. The lowest BCUT2D eigenvalue weighted by atomic mass is 10.1. The smallest absolute Gasteiger partial charge is 0.342 e. The minimum absolute atomic E-state index is 0.00260. The molecule has 0 aromatic heterocycles. The maximum absolute atomic E-state index is 12.0. The fourth-order valence-electron chi connectivity index (χ4n) is 2.24. The molecule has 0 fully saturated rings. The van der Waals surface area contributed by atoms with Gasteiger partial charge >= 0.3 is 11.9 Å². The van der Waals surface area contributed by atoms with Gasteiger partial charge in [0.05, 0.1) is 7.11 Å². The Bertz CT molecular complexity index is 786. The third-order valence-corrected chi connectivity index (χ3v) is 3.56. The number of carbonyl (C=O) groups is 3. The highest BCUT2D eigenvalue weighted by Crippen LogP contribution is 2.28. The van der Waals surface area contributed by atoms with Crippen molar-refractivity contribution >= 4 is 28.6 Å². The number of amides is 1. The van der Waals surface area contributed by atoms with Crippen LogP contribution in [0.15, 0.2) is 36.4 Å². The third kappa shape index (κ3) is 4.94. The summed E-state index contributed by atoms with van der Waals surface area (Å²) in [5.74, 6) is -1.81. The van der Waals surface area contributed by atoms with Crippen LogP contribution in [0.2, 0.25) is 0 Å². The summed E-state index contributed by atoms with van der Waals surface area (Å²) >= 11 is 0. The van der Waals surface area contributed by atoms with Crippen LogP contribution >= 0.6 is 0 Å². The number of carbonyl (C=O) groups excluding carboxylic acids is 3. The highest BCUT2D eigenvalue weighted by Gasteiger charge is 2.16. The second-order valence-corrected chi connectivity index (χ2v) is 5.29. The van der Waals surface area contributed by atoms with Crippen LogP contribution in [0.3, 0.4) is 0 Å². The molecule has 0 saturated heterocycles. The van der Waals surface area contributed by atoms with E-state index < -0.39 is 18.5 Å². The van der Waals surface area contributed by atoms with Gasteiger partial charge in [-0.05, 0) is 17.9 Å². The molecule has 25 heavy (non-hydrogen) atoms. The normalized spacial score (nSPS) is 10.3. The van der Waals surface area contributed by atoms with Gasteiger partial charge in [0.1, 0.15) is 11.3 Å². The summed E-state index contributed by atoms with van der Waals surface area (Å²) in [5.41, 5.74) is -0.00260. The molecular weight excluding hydrogens is 326 g/mol. The standard InChI is InChI=1S/C18H19NO6/c1-24-16(21)7-4-10-19-15(20)11-25-18(23)14-9-8-12-5-2-3-6-13(12)17(14)22/h2-3,5-6,8-9,22H,4,7,10-11H2,1H3,(H,19,20). The number of ether oxygens (including phenoxy) is 2. The van der Waals surface area contributed by atoms with Crippen molar-refractivity contribution in [3.8, 4) is 5.75 Å². The lowest BCUT2D eigenvalue weighted by Crippen LogP contribution is -2.30. The van der Waals surface area contributed by atoms with E-state index in [0.29, 0.717) is 11.8 Å². The summed E-state index contributed by atoms with van der Waals surface area (Å²) in [6, 6.07) is 10.2. The topological polar surface area (TPSA) is 102 Å². The van der Waals surface area contributed by atoms with Crippen molar-refractivity contribution in [2.24, 2.45) is 0 Å². The van der Waals surface area contributed by atoms with Crippen molar-refractivity contribution in [3.63, 3.8) is 0 Å². The molecule has 0 aliphatic carbocycles. The largest absolute Gasteiger partial charge is 0.506 e. The van der Waals surface area contributed by atoms with Crippen LogP contribution in [-0.2, 0) is 19.1 Å². The van der Waals surface area contributed by atoms with Crippen LogP contribution in [0, 0.1) is 0 Å². The van der Waals surface area contributed by atoms with E-state index in [9.17, 15) is 19.5 Å². The van der Waals surface area contributed by atoms with Crippen LogP contribution in [-0.4, -0.2) is 43.2 Å². The number of phenols is 1. The van der Waals surface area contributed by atoms with Crippen molar-refractivity contribution in [2.45, 2.75) is 12.8 Å². The van der Waals surface area contributed by atoms with Gasteiger partial charge in [-0.1, -0.05) is 30.3 Å². The molecule has 0 saturated carbocycles. The SMILES string of the molecule is COC(=O)CCCNC(=O)COC(=O)c1ccc2ccccc2c1O. The third-order valence-electron chi connectivity index (χ3n) is 3.56. The molecule has 2 aromatic carbocycles. The summed E-state index contributed by atoms with van der Waals surface area (Å²) in [4.78, 5) is 34.6. The van der Waals surface area contributed by atoms with Crippen LogP contribution in [0.4, 0.5) is 0 Å². The van der Waals surface area contributed by atoms with Gasteiger partial charge in [0, 0.05) is 18.4 Å². The molecule has 0 radical (unpaired) electrons. The predicted molar refractivity (Wildman–Crippen MR) is 90.2 cm³/mol. The van der Waals surface area contributed by atoms with Crippen molar-refractivity contribution in [2.75, 3.05) is 20.3 Å². The zero-order valence-electron chi connectivity index (χ0n) is 13.8. The highest BCUT2D eigenvalue weighted by molar-refractivity contribution is 6.01. The van der Waals surface area contributed by atoms with Gasteiger partial charge in [-0.25, -0.2) is 4.79 Å². The maximum atomic E-state index is 12.0. The number of rotatable bonds is 7. The molecule has 132 valence electrons. The monoisotopic (exact) mass is 345 g/mol. The summed E-state index contributed by atoms with van der Waals surface area (Å²) < 4.78 is 9.40. The average molecular weight is 345 g/mol. The molecule has 0 spiro atoms. The number of aromatic hydroxyl groups is 1. The predicted octanol–water partition coefficient (Wildman–Crippen LogP) is 1.77. The molecule has 7 heteroatoms. The number of esters is 2. The van der Waals surface area contributed by atoms with E-state index >= 15 is 0 Å². The number of hydrogen-bond acceptors (Lipinski definition) is 6. The molecular formula is C18H19NO6. The zero-order chi connectivity index (χ0) is 18.2. The molecule has 0 unspecified atom stereocenters. The Morgan fingerprint density at radius 2 is 1.88 bits per heavy atom. The Hall–Kier alpha value is -3.09. The van der Waals surface area contributed by atoms with Crippen LogP contribution in [0.1, 0.15) is 23.2 Å². The van der Waals surface area contributed by atoms with Crippen molar-refractivity contribution < 1.29 is 29.0 Å². The number of hydrogen-bond donors (Lipinski definition) is 2. The Morgan fingerprint density at radius 1 is 1.12 bits per heavy atom. The van der Waals surface area contributed by atoms with Crippen molar-refractivity contribution in [1.82, 2.24) is 5.32 Å². The van der Waals surface area contributed by atoms with Gasteiger partial charge in [0.15, 0.2) is 6.61 Å². The maximum Gasteiger partial charge on any atom is 0.342 e. The quantitative estimate of drug-likeness (QED) is 0.586. The van der Waals surface area contributed by atoms with Gasteiger partial charge in [0.2, 0.25) is 0 Å². The van der Waals surface area contributed by atoms with E-state index in [1.54, 1.807) is 18.2 Å². The first-order chi connectivity index (χ1) is 12.0. The van der Waals surface area contributed by atoms with Gasteiger partial charge in [-0.2, -0.15) is 0 Å². The zero-order valence-corrected chi connectivity index (χ0v) is 13.8. The minimum Gasteiger partial charge on any atom is -0.506 e. The lowest BCUT2D eigenvalue weighted by Gasteiger charge is -2.09. The first-order valence-electron chi connectivity index (χ1n) is 7.74. The molecule has 2 N–H and O–H groups in total. The van der Waals surface area contributed by atoms with E-state index in [1.807, 2.05) is 12.1 Å². The molecule has 1 amide bonds. The van der Waals surface area contributed by atoms with Crippen LogP contribution in [0.25, 0.3) is 10.8 Å². The Balaban J connectivity index is 1.85. The van der Waals surface area contributed by atoms with Crippen LogP contribution in [0.5, 0.6) is 5.75 Å². The number of benzene rings is 2. The van der Waals surface area contributed by atoms with E-state index in [-0.39, 0.29) is 30.2 Å². The number of phenolic OH excluding ortho intramolecular Hbond substituents is 1. The number of methoxy groups -OCH3 is 1. The molecule has 2 aromatic rings. The second-order valence-electron chi connectivity index (χ2n) is 5.29. The van der Waals surface area contributed by atoms with Crippen molar-refractivity contribution in [3.05, 3.63) is 42.0 Å². The Labute approximate surface area is 144 Å². The lowest BCUT2D eigenvalue weighted by molar-refractivity contribution is -0.140. The second kappa shape index (κ2) is 8.68. The molecule has 0 aliphatic rings. The van der Waals surface area contributed by atoms with Gasteiger partial charge in [-0.15, -0.1) is 0 Å². The highest BCUT2D eigenvalue weighted by atomic mass is 16.5. The summed E-state index contributed by atoms with van der Waals surface area (Å²) in [6.45, 7) is -0.198. The van der Waals surface area contributed by atoms with Crippen molar-refractivity contribution in [1.29, 1.82) is 0 Å². The van der Waals surface area contributed by atoms with E-state index in [1.165, 1.54) is 13.2 Å². The Morgan fingerprint density at radius 3 is 2.64 bits per heavy atom. The first kappa shape index (κ1) is 18.3.